The first kappa shape index (κ1) is 18.6. The van der Waals surface area contributed by atoms with Crippen LogP contribution in [-0.4, -0.2) is 44.3 Å². The average Bonchev–Trinajstić information content (AvgIpc) is 2.64. The van der Waals surface area contributed by atoms with E-state index in [1.54, 1.807) is 30.3 Å². The average molecular weight is 342 g/mol. The Morgan fingerprint density at radius 2 is 1.64 bits per heavy atom. The van der Waals surface area contributed by atoms with E-state index >= 15 is 0 Å². The van der Waals surface area contributed by atoms with Gasteiger partial charge in [-0.3, -0.25) is 4.79 Å². The molecule has 0 atom stereocenters. The molecule has 0 unspecified atom stereocenters. The normalized spacial score (nSPS) is 10.6. The van der Waals surface area contributed by atoms with Crippen LogP contribution < -0.4 is 19.7 Å². The van der Waals surface area contributed by atoms with E-state index in [1.807, 2.05) is 0 Å². The Balaban J connectivity index is 2.29. The fourth-order valence-corrected chi connectivity index (χ4v) is 2.32. The fourth-order valence-electron chi connectivity index (χ4n) is 2.32. The van der Waals surface area contributed by atoms with Gasteiger partial charge in [0.25, 0.3) is 0 Å². The Kier molecular flexibility index (Phi) is 6.22. The summed E-state index contributed by atoms with van der Waals surface area (Å²) in [6.07, 6.45) is 3.01. The predicted octanol–water partition coefficient (Wildman–Crippen LogP) is 1.29. The number of hydrogen-bond acceptors (Lipinski definition) is 6. The highest BCUT2D eigenvalue weighted by molar-refractivity contribution is 6.58. The van der Waals surface area contributed by atoms with Crippen molar-refractivity contribution in [1.29, 1.82) is 0 Å². The molecule has 2 rings (SSSR count). The zero-order valence-electron chi connectivity index (χ0n) is 14.2. The number of ketones is 1. The molecule has 0 saturated heterocycles. The zero-order valence-corrected chi connectivity index (χ0v) is 14.2. The van der Waals surface area contributed by atoms with Gasteiger partial charge < -0.3 is 24.3 Å². The maximum absolute atomic E-state index is 12.3. The van der Waals surface area contributed by atoms with Gasteiger partial charge in [0, 0.05) is 5.56 Å². The minimum Gasteiger partial charge on any atom is -0.493 e. The minimum atomic E-state index is -1.62. The molecular weight excluding hydrogens is 323 g/mol. The largest absolute Gasteiger partial charge is 0.493 e. The smallest absolute Gasteiger partial charge is 0.488 e. The van der Waals surface area contributed by atoms with Crippen molar-refractivity contribution in [3.8, 4) is 17.2 Å². The van der Waals surface area contributed by atoms with E-state index < -0.39 is 7.12 Å². The van der Waals surface area contributed by atoms with E-state index in [1.165, 1.54) is 39.5 Å². The summed E-state index contributed by atoms with van der Waals surface area (Å²) in [4.78, 5) is 12.3. The third-order valence-electron chi connectivity index (χ3n) is 3.58. The molecule has 6 nitrogen and oxygen atoms in total. The minimum absolute atomic E-state index is 0.257. The summed E-state index contributed by atoms with van der Waals surface area (Å²) in [6, 6.07) is 9.61. The number of benzene rings is 2. The number of rotatable bonds is 7. The van der Waals surface area contributed by atoms with E-state index in [0.717, 1.165) is 0 Å². The SMILES string of the molecule is COc1cc(/C=C/C(=O)c2cccc(B(O)O)c2)cc(OC)c1OC. The molecule has 0 saturated carbocycles. The van der Waals surface area contributed by atoms with Crippen molar-refractivity contribution < 1.29 is 29.1 Å². The van der Waals surface area contributed by atoms with Crippen molar-refractivity contribution in [3.63, 3.8) is 0 Å². The molecule has 130 valence electrons. The van der Waals surface area contributed by atoms with Crippen LogP contribution in [0.4, 0.5) is 0 Å². The molecule has 0 spiro atoms. The maximum Gasteiger partial charge on any atom is 0.488 e. The molecular formula is C18H19BO6. The molecule has 0 aromatic heterocycles. The van der Waals surface area contributed by atoms with Crippen molar-refractivity contribution in [2.24, 2.45) is 0 Å². The second-order valence-corrected chi connectivity index (χ2v) is 5.16. The van der Waals surface area contributed by atoms with Gasteiger partial charge in [0.05, 0.1) is 21.3 Å². The molecule has 25 heavy (non-hydrogen) atoms. The first-order valence-electron chi connectivity index (χ1n) is 7.48. The van der Waals surface area contributed by atoms with Crippen molar-refractivity contribution in [3.05, 3.63) is 53.6 Å². The van der Waals surface area contributed by atoms with Gasteiger partial charge in [0.1, 0.15) is 0 Å². The van der Waals surface area contributed by atoms with E-state index in [9.17, 15) is 14.8 Å². The molecule has 0 heterocycles. The van der Waals surface area contributed by atoms with Crippen LogP contribution in [0, 0.1) is 0 Å². The predicted molar refractivity (Wildman–Crippen MR) is 95.7 cm³/mol. The highest BCUT2D eigenvalue weighted by Crippen LogP contribution is 2.38. The van der Waals surface area contributed by atoms with E-state index in [2.05, 4.69) is 0 Å². The number of methoxy groups -OCH3 is 3. The zero-order chi connectivity index (χ0) is 18.4. The van der Waals surface area contributed by atoms with Gasteiger partial charge >= 0.3 is 7.12 Å². The Labute approximate surface area is 146 Å². The van der Waals surface area contributed by atoms with Gasteiger partial charge in [0.15, 0.2) is 17.3 Å². The topological polar surface area (TPSA) is 85.2 Å². The molecule has 7 heteroatoms. The summed E-state index contributed by atoms with van der Waals surface area (Å²) < 4.78 is 15.8. The van der Waals surface area contributed by atoms with E-state index in [4.69, 9.17) is 14.2 Å². The number of carbonyl (C=O) groups excluding carboxylic acids is 1. The number of ether oxygens (including phenoxy) is 3. The Hall–Kier alpha value is -2.77. The summed E-state index contributed by atoms with van der Waals surface area (Å²) in [5.41, 5.74) is 1.31. The van der Waals surface area contributed by atoms with Crippen LogP contribution in [0.3, 0.4) is 0 Å². The maximum atomic E-state index is 12.3. The van der Waals surface area contributed by atoms with Crippen LogP contribution in [0.25, 0.3) is 6.08 Å². The first-order chi connectivity index (χ1) is 12.0. The van der Waals surface area contributed by atoms with Crippen molar-refractivity contribution in [1.82, 2.24) is 0 Å². The summed E-state index contributed by atoms with van der Waals surface area (Å²) in [7, 11) is 2.93. The second-order valence-electron chi connectivity index (χ2n) is 5.16. The molecule has 0 radical (unpaired) electrons. The van der Waals surface area contributed by atoms with Crippen LogP contribution in [0.5, 0.6) is 17.2 Å². The van der Waals surface area contributed by atoms with Gasteiger partial charge in [0.2, 0.25) is 5.75 Å². The Morgan fingerprint density at radius 1 is 1.00 bits per heavy atom. The van der Waals surface area contributed by atoms with E-state index in [-0.39, 0.29) is 11.2 Å². The van der Waals surface area contributed by atoms with Gasteiger partial charge in [-0.25, -0.2) is 0 Å². The van der Waals surface area contributed by atoms with Crippen molar-refractivity contribution in [2.45, 2.75) is 0 Å². The molecule has 0 aliphatic heterocycles. The summed E-state index contributed by atoms with van der Waals surface area (Å²) in [5, 5.41) is 18.4. The number of allylic oxidation sites excluding steroid dienone is 1. The third-order valence-corrected chi connectivity index (χ3v) is 3.58. The van der Waals surface area contributed by atoms with Crippen LogP contribution in [0.15, 0.2) is 42.5 Å². The van der Waals surface area contributed by atoms with Crippen LogP contribution in [0.1, 0.15) is 15.9 Å². The monoisotopic (exact) mass is 342 g/mol. The van der Waals surface area contributed by atoms with Crippen molar-refractivity contribution in [2.75, 3.05) is 21.3 Å². The highest BCUT2D eigenvalue weighted by Gasteiger charge is 2.14. The summed E-state index contributed by atoms with van der Waals surface area (Å²) >= 11 is 0. The quantitative estimate of drug-likeness (QED) is 0.448. The lowest BCUT2D eigenvalue weighted by atomic mass is 9.79. The molecule has 2 N–H and O–H groups in total. The Morgan fingerprint density at radius 3 is 2.16 bits per heavy atom. The fraction of sp³-hybridized carbons (Fsp3) is 0.167. The molecule has 2 aromatic carbocycles. The molecule has 0 amide bonds. The highest BCUT2D eigenvalue weighted by atomic mass is 16.5. The summed E-state index contributed by atoms with van der Waals surface area (Å²) in [6.45, 7) is 0. The first-order valence-corrected chi connectivity index (χ1v) is 7.48. The lowest BCUT2D eigenvalue weighted by Gasteiger charge is -2.12. The number of hydrogen-bond donors (Lipinski definition) is 2. The van der Waals surface area contributed by atoms with E-state index in [0.29, 0.717) is 28.4 Å². The summed E-state index contributed by atoms with van der Waals surface area (Å²) in [5.74, 6) is 1.17. The Bertz CT molecular complexity index is 760. The van der Waals surface area contributed by atoms with Gasteiger partial charge in [-0.1, -0.05) is 30.3 Å². The van der Waals surface area contributed by atoms with Crippen LogP contribution in [0.2, 0.25) is 0 Å². The van der Waals surface area contributed by atoms with Gasteiger partial charge in [-0.05, 0) is 29.2 Å². The van der Waals surface area contributed by atoms with Crippen LogP contribution in [-0.2, 0) is 0 Å². The third kappa shape index (κ3) is 4.40. The molecule has 2 aromatic rings. The number of carbonyl (C=O) groups is 1. The lowest BCUT2D eigenvalue weighted by molar-refractivity contribution is 0.104. The second kappa shape index (κ2) is 8.37. The molecule has 0 aliphatic rings. The molecule has 0 aliphatic carbocycles. The van der Waals surface area contributed by atoms with Crippen LogP contribution >= 0.6 is 0 Å². The lowest BCUT2D eigenvalue weighted by Crippen LogP contribution is -2.30. The van der Waals surface area contributed by atoms with Crippen molar-refractivity contribution >= 4 is 24.4 Å². The van der Waals surface area contributed by atoms with Gasteiger partial charge in [-0.2, -0.15) is 0 Å². The standard InChI is InChI=1S/C18H19BO6/c1-23-16-9-12(10-17(24-2)18(16)25-3)7-8-15(20)13-5-4-6-14(11-13)19(21)22/h4-11,21-22H,1-3H3/b8-7+. The molecule has 0 fully saturated rings. The molecule has 0 bridgehead atoms. The van der Waals surface area contributed by atoms with Gasteiger partial charge in [-0.15, -0.1) is 0 Å².